The fraction of sp³-hybridized carbons (Fsp3) is 0.625. The molecular formula is C24H34N2O6. The number of amides is 2. The van der Waals surface area contributed by atoms with E-state index in [-0.39, 0.29) is 24.8 Å². The number of nitrogens with zero attached hydrogens (tertiary/aromatic N) is 2. The number of methoxy groups -OCH3 is 2. The number of hydrogen-bond acceptors (Lipinski definition) is 6. The normalized spacial score (nSPS) is 20.1. The van der Waals surface area contributed by atoms with Crippen LogP contribution in [0, 0.1) is 19.8 Å². The van der Waals surface area contributed by atoms with Gasteiger partial charge in [-0.05, 0) is 38.7 Å². The summed E-state index contributed by atoms with van der Waals surface area (Å²) < 4.78 is 10.0. The first-order valence-electron chi connectivity index (χ1n) is 11.2. The van der Waals surface area contributed by atoms with Gasteiger partial charge in [0, 0.05) is 33.0 Å². The molecular weight excluding hydrogens is 412 g/mol. The van der Waals surface area contributed by atoms with E-state index >= 15 is 0 Å². The summed E-state index contributed by atoms with van der Waals surface area (Å²) in [6.45, 7) is 5.61. The van der Waals surface area contributed by atoms with E-state index in [0.717, 1.165) is 5.56 Å². The number of benzene rings is 1. The van der Waals surface area contributed by atoms with Crippen molar-refractivity contribution in [2.75, 3.05) is 40.5 Å². The summed E-state index contributed by atoms with van der Waals surface area (Å²) >= 11 is 0. The van der Waals surface area contributed by atoms with Crippen molar-refractivity contribution in [1.82, 2.24) is 9.96 Å². The molecule has 1 aromatic rings. The van der Waals surface area contributed by atoms with Gasteiger partial charge in [0.25, 0.3) is 0 Å². The van der Waals surface area contributed by atoms with Crippen LogP contribution >= 0.6 is 0 Å². The summed E-state index contributed by atoms with van der Waals surface area (Å²) in [6.07, 6.45) is 2.13. The molecule has 2 heterocycles. The van der Waals surface area contributed by atoms with E-state index < -0.39 is 17.4 Å². The second kappa shape index (κ2) is 10.4. The molecule has 1 unspecified atom stereocenters. The fourth-order valence-electron chi connectivity index (χ4n) is 5.01. The maximum absolute atomic E-state index is 12.9. The van der Waals surface area contributed by atoms with Crippen molar-refractivity contribution >= 4 is 17.8 Å². The lowest BCUT2D eigenvalue weighted by Crippen LogP contribution is -2.58. The summed E-state index contributed by atoms with van der Waals surface area (Å²) in [5, 5.41) is 1.37. The largest absolute Gasteiger partial charge is 0.469 e. The molecule has 0 N–H and O–H groups in total. The molecule has 2 aliphatic rings. The van der Waals surface area contributed by atoms with E-state index in [1.807, 2.05) is 4.90 Å². The molecule has 0 aliphatic carbocycles. The Hall–Kier alpha value is -2.45. The van der Waals surface area contributed by atoms with Gasteiger partial charge in [0.15, 0.2) is 0 Å². The number of rotatable bonds is 8. The van der Waals surface area contributed by atoms with Crippen LogP contribution in [0.2, 0.25) is 0 Å². The van der Waals surface area contributed by atoms with Crippen LogP contribution in [0.25, 0.3) is 0 Å². The molecule has 2 saturated heterocycles. The summed E-state index contributed by atoms with van der Waals surface area (Å²) in [7, 11) is 2.89. The quantitative estimate of drug-likeness (QED) is 0.450. The average molecular weight is 447 g/mol. The standard InChI is InChI=1S/C24H34N2O6/c1-17-13-18(2)15-19(14-17)5-6-21(27)25-9-7-24(8-10-25)20(23(29)31-4)16-22(28)26(24)32-12-11-30-3/h13-15,20H,5-12,16H2,1-4H3. The first-order chi connectivity index (χ1) is 15.3. The van der Waals surface area contributed by atoms with Crippen molar-refractivity contribution in [3.63, 3.8) is 0 Å². The molecule has 8 heteroatoms. The van der Waals surface area contributed by atoms with Crippen molar-refractivity contribution < 1.29 is 28.7 Å². The predicted octanol–water partition coefficient (Wildman–Crippen LogP) is 2.20. The zero-order chi connectivity index (χ0) is 23.3. The molecule has 1 spiro atoms. The third kappa shape index (κ3) is 5.13. The summed E-state index contributed by atoms with van der Waals surface area (Å²) in [6, 6.07) is 6.36. The van der Waals surface area contributed by atoms with Crippen molar-refractivity contribution in [3.8, 4) is 0 Å². The molecule has 0 aromatic heterocycles. The van der Waals surface area contributed by atoms with Gasteiger partial charge in [-0.15, -0.1) is 0 Å². The number of likely N-dealkylation sites (tertiary alicyclic amines) is 1. The minimum Gasteiger partial charge on any atom is -0.469 e. The van der Waals surface area contributed by atoms with Gasteiger partial charge in [-0.2, -0.15) is 0 Å². The molecule has 2 aliphatic heterocycles. The van der Waals surface area contributed by atoms with Crippen LogP contribution < -0.4 is 0 Å². The topological polar surface area (TPSA) is 85.4 Å². The Labute approximate surface area is 189 Å². The van der Waals surface area contributed by atoms with Gasteiger partial charge in [-0.25, -0.2) is 5.06 Å². The average Bonchev–Trinajstić information content (AvgIpc) is 3.03. The zero-order valence-corrected chi connectivity index (χ0v) is 19.5. The Morgan fingerprint density at radius 1 is 1.06 bits per heavy atom. The van der Waals surface area contributed by atoms with Gasteiger partial charge in [0.1, 0.15) is 0 Å². The molecule has 0 bridgehead atoms. The van der Waals surface area contributed by atoms with Gasteiger partial charge in [-0.1, -0.05) is 29.3 Å². The highest BCUT2D eigenvalue weighted by molar-refractivity contribution is 5.88. The lowest BCUT2D eigenvalue weighted by atomic mass is 9.77. The van der Waals surface area contributed by atoms with Gasteiger partial charge in [-0.3, -0.25) is 19.2 Å². The molecule has 0 radical (unpaired) electrons. The van der Waals surface area contributed by atoms with Crippen molar-refractivity contribution in [2.45, 2.75) is 51.5 Å². The lowest BCUT2D eigenvalue weighted by molar-refractivity contribution is -0.226. The van der Waals surface area contributed by atoms with Gasteiger partial charge in [0.2, 0.25) is 11.8 Å². The number of carbonyl (C=O) groups excluding carboxylic acids is 3. The Bertz CT molecular complexity index is 827. The Morgan fingerprint density at radius 3 is 2.31 bits per heavy atom. The number of piperidine rings is 1. The van der Waals surface area contributed by atoms with E-state index in [2.05, 4.69) is 32.0 Å². The first-order valence-corrected chi connectivity index (χ1v) is 11.2. The highest BCUT2D eigenvalue weighted by Gasteiger charge is 2.58. The smallest absolute Gasteiger partial charge is 0.311 e. The second-order valence-corrected chi connectivity index (χ2v) is 8.77. The maximum Gasteiger partial charge on any atom is 0.311 e. The molecule has 176 valence electrons. The number of aryl methyl sites for hydroxylation is 3. The molecule has 3 rings (SSSR count). The first kappa shape index (κ1) is 24.2. The maximum atomic E-state index is 12.9. The van der Waals surface area contributed by atoms with Crippen LogP contribution in [0.3, 0.4) is 0 Å². The molecule has 0 saturated carbocycles. The lowest BCUT2D eigenvalue weighted by Gasteiger charge is -2.45. The van der Waals surface area contributed by atoms with Crippen LogP contribution in [0.5, 0.6) is 0 Å². The number of carbonyl (C=O) groups is 3. The fourth-order valence-corrected chi connectivity index (χ4v) is 5.01. The monoisotopic (exact) mass is 446 g/mol. The minimum absolute atomic E-state index is 0.0559. The van der Waals surface area contributed by atoms with E-state index in [1.165, 1.54) is 23.3 Å². The minimum atomic E-state index is -0.789. The third-order valence-electron chi connectivity index (χ3n) is 6.54. The van der Waals surface area contributed by atoms with Gasteiger partial charge < -0.3 is 14.4 Å². The molecule has 2 fully saturated rings. The van der Waals surface area contributed by atoms with Crippen molar-refractivity contribution in [1.29, 1.82) is 0 Å². The highest BCUT2D eigenvalue weighted by Crippen LogP contribution is 2.44. The van der Waals surface area contributed by atoms with Crippen LogP contribution in [0.4, 0.5) is 0 Å². The highest BCUT2D eigenvalue weighted by atomic mass is 16.7. The van der Waals surface area contributed by atoms with Crippen LogP contribution in [0.1, 0.15) is 42.4 Å². The Morgan fingerprint density at radius 2 is 1.72 bits per heavy atom. The van der Waals surface area contributed by atoms with Crippen LogP contribution in [0.15, 0.2) is 18.2 Å². The van der Waals surface area contributed by atoms with Crippen LogP contribution in [-0.2, 0) is 35.1 Å². The summed E-state index contributed by atoms with van der Waals surface area (Å²) in [5.74, 6) is -1.16. The van der Waals surface area contributed by atoms with Gasteiger partial charge in [0.05, 0.1) is 31.8 Å². The van der Waals surface area contributed by atoms with E-state index in [9.17, 15) is 14.4 Å². The second-order valence-electron chi connectivity index (χ2n) is 8.77. The van der Waals surface area contributed by atoms with E-state index in [1.54, 1.807) is 7.11 Å². The summed E-state index contributed by atoms with van der Waals surface area (Å²) in [5.41, 5.74) is 2.76. The Balaban J connectivity index is 1.65. The number of hydroxylamine groups is 2. The molecule has 32 heavy (non-hydrogen) atoms. The van der Waals surface area contributed by atoms with E-state index in [4.69, 9.17) is 14.3 Å². The zero-order valence-electron chi connectivity index (χ0n) is 19.5. The Kier molecular flexibility index (Phi) is 7.90. The van der Waals surface area contributed by atoms with Crippen LogP contribution in [-0.4, -0.2) is 73.8 Å². The number of esters is 1. The van der Waals surface area contributed by atoms with E-state index in [0.29, 0.717) is 45.4 Å². The molecule has 2 amide bonds. The number of ether oxygens (including phenoxy) is 2. The third-order valence-corrected chi connectivity index (χ3v) is 6.54. The van der Waals surface area contributed by atoms with Crippen molar-refractivity contribution in [3.05, 3.63) is 34.9 Å². The molecule has 8 nitrogen and oxygen atoms in total. The SMILES string of the molecule is COCCON1C(=O)CC(C(=O)OC)C12CCN(C(=O)CCc1cc(C)cc(C)c1)CC2. The molecule has 1 aromatic carbocycles. The van der Waals surface area contributed by atoms with Crippen molar-refractivity contribution in [2.24, 2.45) is 5.92 Å². The molecule has 1 atom stereocenters. The number of hydrogen-bond donors (Lipinski definition) is 0. The van der Waals surface area contributed by atoms with Gasteiger partial charge >= 0.3 is 5.97 Å². The summed E-state index contributed by atoms with van der Waals surface area (Å²) in [4.78, 5) is 45.6. The predicted molar refractivity (Wildman–Crippen MR) is 118 cm³/mol.